The Hall–Kier alpha value is -1.26. The molecule has 0 aromatic heterocycles. The van der Waals surface area contributed by atoms with Gasteiger partial charge in [-0.15, -0.1) is 0 Å². The van der Waals surface area contributed by atoms with Crippen molar-refractivity contribution in [2.45, 2.75) is 45.3 Å². The van der Waals surface area contributed by atoms with E-state index in [1.807, 2.05) is 23.1 Å². The maximum Gasteiger partial charge on any atom is 0.240 e. The normalized spacial score (nSPS) is 19.2. The molecule has 1 aromatic rings. The highest BCUT2D eigenvalue weighted by Gasteiger charge is 2.29. The number of hydrogen-bond acceptors (Lipinski definition) is 3. The summed E-state index contributed by atoms with van der Waals surface area (Å²) in [5.41, 5.74) is 0.875. The highest BCUT2D eigenvalue weighted by atomic mass is 35.5. The summed E-state index contributed by atoms with van der Waals surface area (Å²) in [4.78, 5) is 14.4. The zero-order valence-corrected chi connectivity index (χ0v) is 13.6. The first kappa shape index (κ1) is 16.1. The van der Waals surface area contributed by atoms with Gasteiger partial charge in [0.1, 0.15) is 5.75 Å². The van der Waals surface area contributed by atoms with Gasteiger partial charge in [0, 0.05) is 23.2 Å². The summed E-state index contributed by atoms with van der Waals surface area (Å²) in [7, 11) is 1.62. The van der Waals surface area contributed by atoms with Gasteiger partial charge in [-0.2, -0.15) is 0 Å². The van der Waals surface area contributed by atoms with E-state index < -0.39 is 0 Å². The lowest BCUT2D eigenvalue weighted by Gasteiger charge is -2.34. The molecule has 1 aliphatic rings. The molecule has 1 amide bonds. The summed E-state index contributed by atoms with van der Waals surface area (Å²) >= 11 is 6.26. The highest BCUT2D eigenvalue weighted by molar-refractivity contribution is 6.31. The van der Waals surface area contributed by atoms with Crippen molar-refractivity contribution in [1.82, 2.24) is 10.2 Å². The van der Waals surface area contributed by atoms with E-state index in [1.54, 1.807) is 7.11 Å². The van der Waals surface area contributed by atoms with Crippen LogP contribution in [0.2, 0.25) is 5.02 Å². The Balaban J connectivity index is 2.14. The molecule has 116 valence electrons. The number of nitrogens with one attached hydrogen (secondary N) is 1. The van der Waals surface area contributed by atoms with Gasteiger partial charge in [-0.1, -0.05) is 31.5 Å². The van der Waals surface area contributed by atoms with Crippen LogP contribution in [0.1, 0.15) is 32.3 Å². The summed E-state index contributed by atoms with van der Waals surface area (Å²) in [5, 5.41) is 3.97. The molecule has 5 heteroatoms. The fourth-order valence-electron chi connectivity index (χ4n) is 2.73. The lowest BCUT2D eigenvalue weighted by Crippen LogP contribution is -2.52. The van der Waals surface area contributed by atoms with Gasteiger partial charge < -0.3 is 15.0 Å². The number of halogens is 1. The minimum atomic E-state index is -0.0905. The fraction of sp³-hybridized carbons (Fsp3) is 0.562. The van der Waals surface area contributed by atoms with Crippen LogP contribution < -0.4 is 10.1 Å². The molecule has 1 unspecified atom stereocenters. The summed E-state index contributed by atoms with van der Waals surface area (Å²) in [6.45, 7) is 5.38. The number of methoxy groups -OCH3 is 1. The van der Waals surface area contributed by atoms with E-state index in [9.17, 15) is 4.79 Å². The van der Waals surface area contributed by atoms with Crippen molar-refractivity contribution in [3.05, 3.63) is 28.8 Å². The zero-order valence-electron chi connectivity index (χ0n) is 12.9. The van der Waals surface area contributed by atoms with Crippen LogP contribution in [0, 0.1) is 0 Å². The minimum absolute atomic E-state index is 0.0905. The van der Waals surface area contributed by atoms with Gasteiger partial charge in [0.05, 0.1) is 19.7 Å². The molecule has 2 rings (SSSR count). The first-order chi connectivity index (χ1) is 10.0. The van der Waals surface area contributed by atoms with E-state index in [0.717, 1.165) is 30.7 Å². The molecule has 1 fully saturated rings. The van der Waals surface area contributed by atoms with Gasteiger partial charge >= 0.3 is 0 Å². The molecule has 0 radical (unpaired) electrons. The van der Waals surface area contributed by atoms with Gasteiger partial charge in [0.2, 0.25) is 5.91 Å². The highest BCUT2D eigenvalue weighted by Crippen LogP contribution is 2.28. The topological polar surface area (TPSA) is 41.6 Å². The Labute approximate surface area is 131 Å². The van der Waals surface area contributed by atoms with E-state index in [0.29, 0.717) is 17.6 Å². The maximum absolute atomic E-state index is 12.6. The number of hydrogen-bond donors (Lipinski definition) is 1. The van der Waals surface area contributed by atoms with Crippen molar-refractivity contribution in [1.29, 1.82) is 0 Å². The molecule has 0 saturated carbocycles. The van der Waals surface area contributed by atoms with Gasteiger partial charge in [-0.05, 0) is 25.0 Å². The number of ether oxygens (including phenoxy) is 1. The molecule has 0 aliphatic carbocycles. The molecule has 1 aliphatic heterocycles. The number of carbonyl (C=O) groups is 1. The van der Waals surface area contributed by atoms with Crippen LogP contribution in [0.15, 0.2) is 18.2 Å². The van der Waals surface area contributed by atoms with Gasteiger partial charge in [-0.25, -0.2) is 0 Å². The predicted molar refractivity (Wildman–Crippen MR) is 84.7 cm³/mol. The number of amides is 1. The number of nitrogens with zero attached hydrogens (tertiary/aromatic N) is 1. The Kier molecular flexibility index (Phi) is 5.48. The van der Waals surface area contributed by atoms with Crippen LogP contribution >= 0.6 is 11.6 Å². The molecule has 1 saturated heterocycles. The van der Waals surface area contributed by atoms with Crippen molar-refractivity contribution in [3.63, 3.8) is 0 Å². The van der Waals surface area contributed by atoms with Crippen molar-refractivity contribution < 1.29 is 9.53 Å². The largest absolute Gasteiger partial charge is 0.496 e. The third-order valence-corrected chi connectivity index (χ3v) is 4.06. The Bertz CT molecular complexity index is 505. The van der Waals surface area contributed by atoms with Crippen LogP contribution in [0.3, 0.4) is 0 Å². The van der Waals surface area contributed by atoms with E-state index in [-0.39, 0.29) is 11.9 Å². The van der Waals surface area contributed by atoms with Crippen LogP contribution in [0.5, 0.6) is 5.75 Å². The number of likely N-dealkylation sites (tertiary alicyclic amines) is 1. The molecule has 1 atom stereocenters. The van der Waals surface area contributed by atoms with E-state index >= 15 is 0 Å². The van der Waals surface area contributed by atoms with Gasteiger partial charge in [-0.3, -0.25) is 4.79 Å². The Morgan fingerprint density at radius 1 is 1.48 bits per heavy atom. The zero-order chi connectivity index (χ0) is 15.4. The second-order valence-corrected chi connectivity index (χ2v) is 6.10. The summed E-state index contributed by atoms with van der Waals surface area (Å²) in [6.07, 6.45) is 1.90. The SMILES string of the molecule is COc1cccc(Cl)c1CN1CCCC(NC(C)C)C1=O. The molecule has 21 heavy (non-hydrogen) atoms. The molecular weight excluding hydrogens is 288 g/mol. The van der Waals surface area contributed by atoms with E-state index in [1.165, 1.54) is 0 Å². The maximum atomic E-state index is 12.6. The summed E-state index contributed by atoms with van der Waals surface area (Å²) in [5.74, 6) is 0.881. The van der Waals surface area contributed by atoms with Crippen LogP contribution in [0.4, 0.5) is 0 Å². The summed E-state index contributed by atoms with van der Waals surface area (Å²) in [6, 6.07) is 5.77. The van der Waals surface area contributed by atoms with Crippen LogP contribution in [-0.4, -0.2) is 36.5 Å². The van der Waals surface area contributed by atoms with Gasteiger partial charge in [0.25, 0.3) is 0 Å². The number of benzene rings is 1. The third-order valence-electron chi connectivity index (χ3n) is 3.71. The van der Waals surface area contributed by atoms with Crippen molar-refractivity contribution in [2.75, 3.05) is 13.7 Å². The smallest absolute Gasteiger partial charge is 0.240 e. The fourth-order valence-corrected chi connectivity index (χ4v) is 2.95. The number of piperidine rings is 1. The molecule has 0 spiro atoms. The molecule has 1 N–H and O–H groups in total. The second kappa shape index (κ2) is 7.14. The third kappa shape index (κ3) is 3.89. The monoisotopic (exact) mass is 310 g/mol. The molecule has 1 heterocycles. The minimum Gasteiger partial charge on any atom is -0.496 e. The number of carbonyl (C=O) groups excluding carboxylic acids is 1. The van der Waals surface area contributed by atoms with Crippen molar-refractivity contribution in [2.24, 2.45) is 0 Å². The first-order valence-corrected chi connectivity index (χ1v) is 7.77. The first-order valence-electron chi connectivity index (χ1n) is 7.39. The molecular formula is C16H23ClN2O2. The molecule has 1 aromatic carbocycles. The Morgan fingerprint density at radius 2 is 2.24 bits per heavy atom. The molecule has 0 bridgehead atoms. The quantitative estimate of drug-likeness (QED) is 0.909. The summed E-state index contributed by atoms with van der Waals surface area (Å²) < 4.78 is 5.36. The standard InChI is InChI=1S/C16H23ClN2O2/c1-11(2)18-14-7-5-9-19(16(14)20)10-12-13(17)6-4-8-15(12)21-3/h4,6,8,11,14,18H,5,7,9-10H2,1-3H3. The predicted octanol–water partition coefficient (Wildman–Crippen LogP) is 2.84. The van der Waals surface area contributed by atoms with E-state index in [2.05, 4.69) is 19.2 Å². The van der Waals surface area contributed by atoms with Gasteiger partial charge in [0.15, 0.2) is 0 Å². The van der Waals surface area contributed by atoms with Crippen LogP contribution in [-0.2, 0) is 11.3 Å². The van der Waals surface area contributed by atoms with Crippen molar-refractivity contribution in [3.8, 4) is 5.75 Å². The lowest BCUT2D eigenvalue weighted by molar-refractivity contribution is -0.136. The van der Waals surface area contributed by atoms with E-state index in [4.69, 9.17) is 16.3 Å². The van der Waals surface area contributed by atoms with Crippen LogP contribution in [0.25, 0.3) is 0 Å². The molecule has 4 nitrogen and oxygen atoms in total. The second-order valence-electron chi connectivity index (χ2n) is 5.70. The average molecular weight is 311 g/mol. The van der Waals surface area contributed by atoms with Crippen molar-refractivity contribution >= 4 is 17.5 Å². The Morgan fingerprint density at radius 3 is 2.90 bits per heavy atom. The average Bonchev–Trinajstić information content (AvgIpc) is 2.44. The lowest BCUT2D eigenvalue weighted by atomic mass is 10.0. The number of rotatable bonds is 5.